The van der Waals surface area contributed by atoms with Crippen molar-refractivity contribution in [3.8, 4) is 0 Å². The first-order valence-electron chi connectivity index (χ1n) is 9.15. The van der Waals surface area contributed by atoms with Gasteiger partial charge in [0.1, 0.15) is 5.76 Å². The Morgan fingerprint density at radius 3 is 2.37 bits per heavy atom. The van der Waals surface area contributed by atoms with Gasteiger partial charge in [-0.1, -0.05) is 53.7 Å². The molecular formula is C23H23N3O. The van der Waals surface area contributed by atoms with Crippen molar-refractivity contribution in [2.24, 2.45) is 0 Å². The average molecular weight is 357 g/mol. The van der Waals surface area contributed by atoms with Gasteiger partial charge >= 0.3 is 0 Å². The van der Waals surface area contributed by atoms with Crippen LogP contribution in [0.1, 0.15) is 22.6 Å². The van der Waals surface area contributed by atoms with Gasteiger partial charge in [0.15, 0.2) is 0 Å². The minimum Gasteiger partial charge on any atom is -0.367 e. The van der Waals surface area contributed by atoms with Gasteiger partial charge < -0.3 is 14.7 Å². The van der Waals surface area contributed by atoms with Gasteiger partial charge in [0.2, 0.25) is 0 Å². The summed E-state index contributed by atoms with van der Waals surface area (Å²) in [6.07, 6.45) is 4.40. The zero-order chi connectivity index (χ0) is 18.6. The molecule has 0 atom stereocenters. The molecule has 0 bridgehead atoms. The first-order valence-corrected chi connectivity index (χ1v) is 9.15. The van der Waals surface area contributed by atoms with E-state index in [-0.39, 0.29) is 0 Å². The number of aromatic nitrogens is 1. The third-order valence-electron chi connectivity index (χ3n) is 4.65. The van der Waals surface area contributed by atoms with Gasteiger partial charge in [-0.15, -0.1) is 0 Å². The predicted molar refractivity (Wildman–Crippen MR) is 109 cm³/mol. The number of allylic oxidation sites excluding steroid dienone is 2. The first kappa shape index (κ1) is 17.2. The highest BCUT2D eigenvalue weighted by atomic mass is 16.5. The molecule has 0 unspecified atom stereocenters. The molecular weight excluding hydrogens is 334 g/mol. The predicted octanol–water partition coefficient (Wildman–Crippen LogP) is 5.14. The largest absolute Gasteiger partial charge is 0.367 e. The van der Waals surface area contributed by atoms with Crippen LogP contribution in [0.15, 0.2) is 83.2 Å². The van der Waals surface area contributed by atoms with Gasteiger partial charge in [-0.05, 0) is 37.6 Å². The molecule has 27 heavy (non-hydrogen) atoms. The molecule has 0 spiro atoms. The maximum absolute atomic E-state index is 5.40. The Morgan fingerprint density at radius 2 is 1.70 bits per heavy atom. The molecule has 1 N–H and O–H groups in total. The van der Waals surface area contributed by atoms with E-state index in [1.807, 2.05) is 38.1 Å². The molecule has 2 aromatic carbocycles. The lowest BCUT2D eigenvalue weighted by Crippen LogP contribution is -2.26. The second-order valence-electron chi connectivity index (χ2n) is 6.83. The summed E-state index contributed by atoms with van der Waals surface area (Å²) in [6, 6.07) is 20.8. The molecule has 0 amide bonds. The van der Waals surface area contributed by atoms with Crippen LogP contribution in [0.5, 0.6) is 0 Å². The number of rotatable bonds is 5. The Balaban J connectivity index is 1.66. The van der Waals surface area contributed by atoms with E-state index >= 15 is 0 Å². The van der Waals surface area contributed by atoms with Crippen LogP contribution in [-0.2, 0) is 6.54 Å². The Hall–Kier alpha value is -3.27. The van der Waals surface area contributed by atoms with E-state index in [2.05, 4.69) is 64.0 Å². The van der Waals surface area contributed by atoms with Crippen molar-refractivity contribution < 1.29 is 4.52 Å². The first-order chi connectivity index (χ1) is 13.2. The second-order valence-corrected chi connectivity index (χ2v) is 6.83. The fraction of sp³-hybridized carbons (Fsp3) is 0.174. The van der Waals surface area contributed by atoms with E-state index in [4.69, 9.17) is 4.52 Å². The maximum atomic E-state index is 5.40. The van der Waals surface area contributed by atoms with Crippen LogP contribution in [0, 0.1) is 13.8 Å². The summed E-state index contributed by atoms with van der Waals surface area (Å²) in [6.45, 7) is 5.61. The molecule has 0 saturated carbocycles. The molecule has 1 aliphatic heterocycles. The van der Waals surface area contributed by atoms with E-state index in [1.165, 1.54) is 5.56 Å². The monoisotopic (exact) mass is 357 g/mol. The molecule has 4 nitrogen and oxygen atoms in total. The standard InChI is InChI=1S/C23H23N3O/c1-17-23(18(2)27-25-17)20-13-22(24-21-11-7-4-8-12-21)16-26(15-20)14-19-9-5-3-6-10-19/h3-13,15,24H,14,16H2,1-2H3. The highest BCUT2D eigenvalue weighted by molar-refractivity contribution is 5.78. The number of anilines is 1. The minimum atomic E-state index is 0.816. The molecule has 2 heterocycles. The van der Waals surface area contributed by atoms with E-state index in [9.17, 15) is 0 Å². The molecule has 3 aromatic rings. The lowest BCUT2D eigenvalue weighted by atomic mass is 10.0. The van der Waals surface area contributed by atoms with E-state index < -0.39 is 0 Å². The van der Waals surface area contributed by atoms with E-state index in [1.54, 1.807) is 0 Å². The van der Waals surface area contributed by atoms with E-state index in [0.29, 0.717) is 0 Å². The second kappa shape index (κ2) is 7.54. The molecule has 1 aromatic heterocycles. The highest BCUT2D eigenvalue weighted by Gasteiger charge is 2.19. The van der Waals surface area contributed by atoms with Gasteiger partial charge in [-0.25, -0.2) is 0 Å². The lowest BCUT2D eigenvalue weighted by molar-refractivity contribution is 0.392. The van der Waals surface area contributed by atoms with Crippen LogP contribution in [0.3, 0.4) is 0 Å². The van der Waals surface area contributed by atoms with Crippen LogP contribution in [-0.4, -0.2) is 16.6 Å². The normalized spacial score (nSPS) is 13.9. The summed E-state index contributed by atoms with van der Waals surface area (Å²) < 4.78 is 5.40. The Morgan fingerprint density at radius 1 is 1.00 bits per heavy atom. The van der Waals surface area contributed by atoms with Gasteiger partial charge in [-0.2, -0.15) is 0 Å². The number of hydrogen-bond acceptors (Lipinski definition) is 4. The molecule has 1 aliphatic rings. The highest BCUT2D eigenvalue weighted by Crippen LogP contribution is 2.29. The molecule has 4 heteroatoms. The number of hydrogen-bond donors (Lipinski definition) is 1. The zero-order valence-electron chi connectivity index (χ0n) is 15.6. The quantitative estimate of drug-likeness (QED) is 0.686. The Bertz CT molecular complexity index is 952. The molecule has 0 fully saturated rings. The minimum absolute atomic E-state index is 0.816. The summed E-state index contributed by atoms with van der Waals surface area (Å²) in [5.41, 5.74) is 6.62. The van der Waals surface area contributed by atoms with Gasteiger partial charge in [-0.3, -0.25) is 0 Å². The fourth-order valence-electron chi connectivity index (χ4n) is 3.47. The fourth-order valence-corrected chi connectivity index (χ4v) is 3.47. The third-order valence-corrected chi connectivity index (χ3v) is 4.65. The summed E-state index contributed by atoms with van der Waals surface area (Å²) >= 11 is 0. The van der Waals surface area contributed by atoms with Crippen LogP contribution in [0.25, 0.3) is 5.57 Å². The number of nitrogens with zero attached hydrogens (tertiary/aromatic N) is 2. The molecule has 0 saturated heterocycles. The van der Waals surface area contributed by atoms with Crippen molar-refractivity contribution in [1.82, 2.24) is 10.1 Å². The average Bonchev–Trinajstić information content (AvgIpc) is 3.01. The summed E-state index contributed by atoms with van der Waals surface area (Å²) in [5, 5.41) is 7.68. The summed E-state index contributed by atoms with van der Waals surface area (Å²) in [5.74, 6) is 0.843. The van der Waals surface area contributed by atoms with Gasteiger partial charge in [0.05, 0.1) is 12.2 Å². The summed E-state index contributed by atoms with van der Waals surface area (Å²) in [7, 11) is 0. The number of para-hydroxylation sites is 1. The Labute approximate surface area is 159 Å². The smallest absolute Gasteiger partial charge is 0.141 e. The van der Waals surface area contributed by atoms with Crippen molar-refractivity contribution in [3.63, 3.8) is 0 Å². The lowest BCUT2D eigenvalue weighted by Gasteiger charge is -2.28. The number of benzene rings is 2. The third kappa shape index (κ3) is 3.95. The van der Waals surface area contributed by atoms with E-state index in [0.717, 1.165) is 47.1 Å². The molecule has 4 rings (SSSR count). The van der Waals surface area contributed by atoms with Crippen molar-refractivity contribution >= 4 is 11.3 Å². The molecule has 0 aliphatic carbocycles. The van der Waals surface area contributed by atoms with Crippen LogP contribution in [0.2, 0.25) is 0 Å². The maximum Gasteiger partial charge on any atom is 0.141 e. The van der Waals surface area contributed by atoms with Crippen LogP contribution < -0.4 is 5.32 Å². The molecule has 136 valence electrons. The van der Waals surface area contributed by atoms with Crippen LogP contribution >= 0.6 is 0 Å². The summed E-state index contributed by atoms with van der Waals surface area (Å²) in [4.78, 5) is 2.32. The van der Waals surface area contributed by atoms with Gasteiger partial charge in [0.25, 0.3) is 0 Å². The van der Waals surface area contributed by atoms with Crippen molar-refractivity contribution in [2.45, 2.75) is 20.4 Å². The zero-order valence-corrected chi connectivity index (χ0v) is 15.6. The van der Waals surface area contributed by atoms with Crippen molar-refractivity contribution in [3.05, 3.63) is 101 Å². The number of nitrogens with one attached hydrogen (secondary N) is 1. The number of aryl methyl sites for hydroxylation is 2. The topological polar surface area (TPSA) is 41.3 Å². The van der Waals surface area contributed by atoms with Crippen LogP contribution in [0.4, 0.5) is 5.69 Å². The molecule has 0 radical (unpaired) electrons. The van der Waals surface area contributed by atoms with Crippen molar-refractivity contribution in [2.75, 3.05) is 11.9 Å². The van der Waals surface area contributed by atoms with Gasteiger partial charge in [0, 0.05) is 35.3 Å². The SMILES string of the molecule is Cc1noc(C)c1C1=CN(Cc2ccccc2)CC(Nc2ccccc2)=C1. The van der Waals surface area contributed by atoms with Crippen molar-refractivity contribution in [1.29, 1.82) is 0 Å². The Kier molecular flexibility index (Phi) is 4.79.